The summed E-state index contributed by atoms with van der Waals surface area (Å²) < 4.78 is 19.6. The predicted octanol–water partition coefficient (Wildman–Crippen LogP) is 1.78. The molecule has 91 valence electrons. The predicted molar refractivity (Wildman–Crippen MR) is 54.8 cm³/mol. The SMILES string of the molecule is CCCC[P+](=O)[O-].CCCC[P+](=O)[O-].[Co+2]. The Morgan fingerprint density at radius 1 is 0.867 bits per heavy atom. The molecule has 0 saturated heterocycles. The molecule has 1 radical (unpaired) electrons. The molecule has 0 rings (SSSR count). The van der Waals surface area contributed by atoms with Gasteiger partial charge < -0.3 is 9.79 Å². The first-order chi connectivity index (χ1) is 6.54. The summed E-state index contributed by atoms with van der Waals surface area (Å²) in [6.45, 7) is 3.94. The van der Waals surface area contributed by atoms with Crippen molar-refractivity contribution < 1.29 is 35.7 Å². The van der Waals surface area contributed by atoms with Gasteiger partial charge in [-0.1, -0.05) is 35.8 Å². The standard InChI is InChI=1S/2C4H9O2P.Co/c2*1-2-3-4-7(5)6;/h2*2-4H2,1H3;/q;;+2. The third kappa shape index (κ3) is 31.3. The van der Waals surface area contributed by atoms with Crippen molar-refractivity contribution in [2.75, 3.05) is 12.3 Å². The molecule has 0 heterocycles. The summed E-state index contributed by atoms with van der Waals surface area (Å²) in [6, 6.07) is 0. The minimum absolute atomic E-state index is 0. The first-order valence-electron chi connectivity index (χ1n) is 4.78. The fourth-order valence-corrected chi connectivity index (χ4v) is 1.72. The molecule has 0 aliphatic heterocycles. The van der Waals surface area contributed by atoms with Gasteiger partial charge in [-0.15, -0.1) is 0 Å². The van der Waals surface area contributed by atoms with Gasteiger partial charge in [0.1, 0.15) is 12.3 Å². The monoisotopic (exact) mass is 299 g/mol. The van der Waals surface area contributed by atoms with Crippen molar-refractivity contribution >= 4 is 16.1 Å². The molecule has 2 atom stereocenters. The Labute approximate surface area is 104 Å². The van der Waals surface area contributed by atoms with Crippen molar-refractivity contribution in [3.8, 4) is 0 Å². The van der Waals surface area contributed by atoms with E-state index in [-0.39, 0.29) is 16.8 Å². The molecule has 0 aliphatic rings. The van der Waals surface area contributed by atoms with E-state index in [1.807, 2.05) is 13.8 Å². The van der Waals surface area contributed by atoms with E-state index in [1.165, 1.54) is 0 Å². The van der Waals surface area contributed by atoms with Gasteiger partial charge in [0.25, 0.3) is 0 Å². The van der Waals surface area contributed by atoms with E-state index in [9.17, 15) is 18.9 Å². The van der Waals surface area contributed by atoms with E-state index in [0.29, 0.717) is 12.3 Å². The molecule has 0 bridgehead atoms. The largest absolute Gasteiger partial charge is 2.00 e. The van der Waals surface area contributed by atoms with Crippen LogP contribution in [0.15, 0.2) is 0 Å². The average Bonchev–Trinajstić information content (AvgIpc) is 2.12. The van der Waals surface area contributed by atoms with Crippen molar-refractivity contribution in [3.05, 3.63) is 0 Å². The fourth-order valence-electron chi connectivity index (χ4n) is 0.574. The summed E-state index contributed by atoms with van der Waals surface area (Å²) in [5, 5.41) is 0. The molecule has 0 aliphatic carbocycles. The molecular weight excluding hydrogens is 281 g/mol. The Kier molecular flexibility index (Phi) is 23.8. The topological polar surface area (TPSA) is 80.3 Å². The van der Waals surface area contributed by atoms with Crippen molar-refractivity contribution in [1.82, 2.24) is 0 Å². The van der Waals surface area contributed by atoms with Crippen LogP contribution in [0.25, 0.3) is 0 Å². The molecule has 0 aromatic carbocycles. The molecule has 0 amide bonds. The third-order valence-corrected chi connectivity index (χ3v) is 2.75. The summed E-state index contributed by atoms with van der Waals surface area (Å²) in [5.41, 5.74) is 0. The first kappa shape index (κ1) is 21.0. The van der Waals surface area contributed by atoms with Crippen LogP contribution in [0.3, 0.4) is 0 Å². The van der Waals surface area contributed by atoms with Crippen LogP contribution in [0.2, 0.25) is 0 Å². The van der Waals surface area contributed by atoms with Crippen LogP contribution in [0, 0.1) is 0 Å². The molecular formula is C8H18CoO4P2+2. The van der Waals surface area contributed by atoms with Gasteiger partial charge in [-0.3, -0.25) is 0 Å². The third-order valence-electron chi connectivity index (χ3n) is 1.39. The number of hydrogen-bond donors (Lipinski definition) is 0. The van der Waals surface area contributed by atoms with Gasteiger partial charge in [0, 0.05) is 0 Å². The van der Waals surface area contributed by atoms with Gasteiger partial charge in [0.15, 0.2) is 0 Å². The van der Waals surface area contributed by atoms with Gasteiger partial charge in [-0.05, 0) is 12.8 Å². The second kappa shape index (κ2) is 17.0. The zero-order valence-electron chi connectivity index (χ0n) is 9.10. The van der Waals surface area contributed by atoms with Crippen molar-refractivity contribution in [2.45, 2.75) is 39.5 Å². The molecule has 0 spiro atoms. The summed E-state index contributed by atoms with van der Waals surface area (Å²) in [4.78, 5) is 19.6. The maximum atomic E-state index is 9.80. The molecule has 7 heteroatoms. The summed E-state index contributed by atoms with van der Waals surface area (Å²) in [5.74, 6) is 0. The van der Waals surface area contributed by atoms with E-state index in [0.717, 1.165) is 25.7 Å². The summed E-state index contributed by atoms with van der Waals surface area (Å²) in [7, 11) is -4.21. The Morgan fingerprint density at radius 3 is 1.20 bits per heavy atom. The van der Waals surface area contributed by atoms with Crippen LogP contribution in [-0.2, 0) is 25.9 Å². The molecule has 4 nitrogen and oxygen atoms in total. The Morgan fingerprint density at radius 2 is 1.13 bits per heavy atom. The molecule has 0 saturated carbocycles. The van der Waals surface area contributed by atoms with E-state index in [1.54, 1.807) is 0 Å². The maximum absolute atomic E-state index is 9.80. The van der Waals surface area contributed by atoms with Crippen molar-refractivity contribution in [2.24, 2.45) is 0 Å². The molecule has 15 heavy (non-hydrogen) atoms. The maximum Gasteiger partial charge on any atom is 2.00 e. The van der Waals surface area contributed by atoms with E-state index in [2.05, 4.69) is 0 Å². The van der Waals surface area contributed by atoms with Crippen LogP contribution < -0.4 is 9.79 Å². The molecule has 0 aromatic heterocycles. The molecule has 0 N–H and O–H groups in total. The van der Waals surface area contributed by atoms with E-state index < -0.39 is 16.1 Å². The summed E-state index contributed by atoms with van der Waals surface area (Å²) in [6.07, 6.45) is 4.24. The number of unbranched alkanes of at least 4 members (excludes halogenated alkanes) is 2. The fraction of sp³-hybridized carbons (Fsp3) is 1.00. The van der Waals surface area contributed by atoms with E-state index >= 15 is 0 Å². The zero-order valence-corrected chi connectivity index (χ0v) is 11.9. The Hall–Kier alpha value is 0.626. The second-order valence-electron chi connectivity index (χ2n) is 2.82. The quantitative estimate of drug-likeness (QED) is 0.700. The van der Waals surface area contributed by atoms with Crippen molar-refractivity contribution in [3.63, 3.8) is 0 Å². The Balaban J connectivity index is -0.000000180. The van der Waals surface area contributed by atoms with Gasteiger partial charge in [-0.2, -0.15) is 0 Å². The smallest absolute Gasteiger partial charge is 0.596 e. The van der Waals surface area contributed by atoms with Crippen LogP contribution in [0.5, 0.6) is 0 Å². The number of hydrogen-bond acceptors (Lipinski definition) is 4. The average molecular weight is 299 g/mol. The molecule has 2 unspecified atom stereocenters. The first-order valence-corrected chi connectivity index (χ1v) is 7.50. The zero-order chi connectivity index (χ0) is 11.4. The minimum atomic E-state index is -2.11. The number of rotatable bonds is 6. The second-order valence-corrected chi connectivity index (χ2v) is 5.05. The van der Waals surface area contributed by atoms with Gasteiger partial charge >= 0.3 is 32.8 Å². The molecule has 0 fully saturated rings. The summed E-state index contributed by atoms with van der Waals surface area (Å²) >= 11 is 0. The van der Waals surface area contributed by atoms with Crippen molar-refractivity contribution in [1.29, 1.82) is 0 Å². The van der Waals surface area contributed by atoms with E-state index in [4.69, 9.17) is 0 Å². The van der Waals surface area contributed by atoms with Gasteiger partial charge in [0.05, 0.1) is 0 Å². The van der Waals surface area contributed by atoms with Gasteiger partial charge in [0.2, 0.25) is 0 Å². The van der Waals surface area contributed by atoms with Gasteiger partial charge in [-0.25, -0.2) is 0 Å². The Bertz CT molecular complexity index is 149. The van der Waals surface area contributed by atoms with Crippen LogP contribution in [-0.4, -0.2) is 12.3 Å². The van der Waals surface area contributed by atoms with Crippen LogP contribution >= 0.6 is 16.1 Å². The van der Waals surface area contributed by atoms with Crippen LogP contribution in [0.1, 0.15) is 39.5 Å². The normalized spacial score (nSPS) is 10.7. The minimum Gasteiger partial charge on any atom is -0.596 e. The van der Waals surface area contributed by atoms with Crippen LogP contribution in [0.4, 0.5) is 0 Å². The molecule has 0 aromatic rings.